The molecular weight excluding hydrogens is 209 g/mol. The Morgan fingerprint density at radius 2 is 1.88 bits per heavy atom. The zero-order chi connectivity index (χ0) is 11.5. The number of carbonyl (C=O) groups is 1. The summed E-state index contributed by atoms with van der Waals surface area (Å²) < 4.78 is 17.9. The maximum atomic E-state index is 12.7. The summed E-state index contributed by atoms with van der Waals surface area (Å²) in [6.07, 6.45) is 0. The highest BCUT2D eigenvalue weighted by Gasteiger charge is 2.13. The highest BCUT2D eigenvalue weighted by molar-refractivity contribution is 6.07. The van der Waals surface area contributed by atoms with E-state index >= 15 is 0 Å². The Morgan fingerprint density at radius 1 is 1.19 bits per heavy atom. The number of hydrogen-bond donors (Lipinski definition) is 1. The van der Waals surface area contributed by atoms with E-state index < -0.39 is 0 Å². The Balaban J connectivity index is 2.28. The number of furan rings is 1. The molecule has 0 atom stereocenters. The van der Waals surface area contributed by atoms with Gasteiger partial charge in [0.2, 0.25) is 5.78 Å². The number of nitrogens with two attached hydrogens (primary N) is 1. The van der Waals surface area contributed by atoms with Crippen LogP contribution in [0.4, 0.5) is 4.39 Å². The molecule has 2 aromatic rings. The van der Waals surface area contributed by atoms with Gasteiger partial charge in [0.05, 0.1) is 6.54 Å². The van der Waals surface area contributed by atoms with Crippen molar-refractivity contribution in [1.29, 1.82) is 0 Å². The number of benzene rings is 1. The fourth-order valence-corrected chi connectivity index (χ4v) is 1.35. The maximum absolute atomic E-state index is 12.7. The first-order valence-corrected chi connectivity index (χ1v) is 4.80. The van der Waals surface area contributed by atoms with Gasteiger partial charge < -0.3 is 10.2 Å². The molecule has 2 N–H and O–H groups in total. The van der Waals surface area contributed by atoms with E-state index in [1.807, 2.05) is 0 Å². The Bertz CT molecular complexity index is 502. The van der Waals surface area contributed by atoms with E-state index in [9.17, 15) is 9.18 Å². The lowest BCUT2D eigenvalue weighted by Gasteiger charge is -1.97. The molecule has 0 fully saturated rings. The highest BCUT2D eigenvalue weighted by Crippen LogP contribution is 2.13. The third-order valence-corrected chi connectivity index (χ3v) is 2.19. The first-order chi connectivity index (χ1) is 7.70. The summed E-state index contributed by atoms with van der Waals surface area (Å²) in [5, 5.41) is 0. The second-order valence-electron chi connectivity index (χ2n) is 3.31. The predicted molar refractivity (Wildman–Crippen MR) is 56.4 cm³/mol. The van der Waals surface area contributed by atoms with Crippen molar-refractivity contribution in [3.63, 3.8) is 0 Å². The van der Waals surface area contributed by atoms with Crippen LogP contribution in [0.5, 0.6) is 0 Å². The molecule has 1 aromatic heterocycles. The minimum atomic E-state index is -0.376. The summed E-state index contributed by atoms with van der Waals surface area (Å²) >= 11 is 0. The van der Waals surface area contributed by atoms with Crippen molar-refractivity contribution in [3.05, 3.63) is 59.3 Å². The Morgan fingerprint density at radius 3 is 2.44 bits per heavy atom. The predicted octanol–water partition coefficient (Wildman–Crippen LogP) is 2.11. The minimum absolute atomic E-state index is 0.215. The van der Waals surface area contributed by atoms with E-state index in [1.165, 1.54) is 24.3 Å². The topological polar surface area (TPSA) is 56.2 Å². The van der Waals surface area contributed by atoms with Gasteiger partial charge in [0, 0.05) is 5.56 Å². The molecule has 1 heterocycles. The molecule has 0 aliphatic carbocycles. The summed E-state index contributed by atoms with van der Waals surface area (Å²) in [5.41, 5.74) is 5.76. The number of halogens is 1. The van der Waals surface area contributed by atoms with E-state index in [2.05, 4.69) is 0 Å². The van der Waals surface area contributed by atoms with Crippen molar-refractivity contribution in [3.8, 4) is 0 Å². The van der Waals surface area contributed by atoms with E-state index in [-0.39, 0.29) is 23.9 Å². The third-order valence-electron chi connectivity index (χ3n) is 2.19. The molecule has 0 saturated heterocycles. The summed E-state index contributed by atoms with van der Waals surface area (Å²) in [6, 6.07) is 8.52. The van der Waals surface area contributed by atoms with Gasteiger partial charge in [-0.3, -0.25) is 4.79 Å². The average Bonchev–Trinajstić information content (AvgIpc) is 2.77. The fourth-order valence-electron chi connectivity index (χ4n) is 1.35. The molecule has 82 valence electrons. The third kappa shape index (κ3) is 2.01. The smallest absolute Gasteiger partial charge is 0.228 e. The van der Waals surface area contributed by atoms with Crippen LogP contribution in [0.3, 0.4) is 0 Å². The minimum Gasteiger partial charge on any atom is -0.456 e. The lowest BCUT2D eigenvalue weighted by Crippen LogP contribution is -1.99. The molecule has 0 amide bonds. The molecule has 16 heavy (non-hydrogen) atoms. The molecule has 0 aliphatic rings. The van der Waals surface area contributed by atoms with Crippen LogP contribution in [0.25, 0.3) is 0 Å². The molecule has 0 spiro atoms. The molecule has 1 aromatic carbocycles. The van der Waals surface area contributed by atoms with Crippen molar-refractivity contribution in [1.82, 2.24) is 0 Å². The quantitative estimate of drug-likeness (QED) is 0.804. The molecule has 0 aliphatic heterocycles. The van der Waals surface area contributed by atoms with Gasteiger partial charge in [-0.1, -0.05) is 0 Å². The van der Waals surface area contributed by atoms with E-state index in [4.69, 9.17) is 10.2 Å². The van der Waals surface area contributed by atoms with Crippen LogP contribution in [0.15, 0.2) is 40.8 Å². The fraction of sp³-hybridized carbons (Fsp3) is 0.0833. The molecule has 4 heteroatoms. The molecule has 3 nitrogen and oxygen atoms in total. The van der Waals surface area contributed by atoms with Gasteiger partial charge in [-0.25, -0.2) is 4.39 Å². The first-order valence-electron chi connectivity index (χ1n) is 4.80. The molecule has 0 saturated carbocycles. The molecular formula is C12H10FNO2. The van der Waals surface area contributed by atoms with Crippen LogP contribution in [0.2, 0.25) is 0 Å². The van der Waals surface area contributed by atoms with Crippen molar-refractivity contribution in [2.75, 3.05) is 0 Å². The van der Waals surface area contributed by atoms with Crippen LogP contribution in [-0.4, -0.2) is 5.78 Å². The van der Waals surface area contributed by atoms with Crippen molar-refractivity contribution in [2.45, 2.75) is 6.54 Å². The molecule has 2 rings (SSSR count). The summed E-state index contributed by atoms with van der Waals surface area (Å²) in [4.78, 5) is 11.8. The Hall–Kier alpha value is -1.94. The average molecular weight is 219 g/mol. The van der Waals surface area contributed by atoms with Crippen LogP contribution in [-0.2, 0) is 6.54 Å². The molecule has 0 unspecified atom stereocenters. The summed E-state index contributed by atoms with van der Waals surface area (Å²) in [5.74, 6) is 0.107. The highest BCUT2D eigenvalue weighted by atomic mass is 19.1. The van der Waals surface area contributed by atoms with Gasteiger partial charge >= 0.3 is 0 Å². The first kappa shape index (κ1) is 10.6. The molecule has 0 radical (unpaired) electrons. The van der Waals surface area contributed by atoms with Gasteiger partial charge in [0.1, 0.15) is 11.6 Å². The zero-order valence-electron chi connectivity index (χ0n) is 8.44. The number of rotatable bonds is 3. The van der Waals surface area contributed by atoms with Crippen molar-refractivity contribution in [2.24, 2.45) is 5.73 Å². The second kappa shape index (κ2) is 4.28. The molecule has 0 bridgehead atoms. The van der Waals surface area contributed by atoms with Crippen LogP contribution < -0.4 is 5.73 Å². The Kier molecular flexibility index (Phi) is 2.83. The monoisotopic (exact) mass is 219 g/mol. The number of hydrogen-bond acceptors (Lipinski definition) is 3. The largest absolute Gasteiger partial charge is 0.456 e. The van der Waals surface area contributed by atoms with Crippen molar-refractivity contribution < 1.29 is 13.6 Å². The van der Waals surface area contributed by atoms with Gasteiger partial charge in [-0.15, -0.1) is 0 Å². The van der Waals surface area contributed by atoms with E-state index in [1.54, 1.807) is 12.1 Å². The van der Waals surface area contributed by atoms with Gasteiger partial charge in [-0.05, 0) is 36.4 Å². The normalized spacial score (nSPS) is 10.4. The standard InChI is InChI=1S/C12H10FNO2/c13-9-3-1-8(2-4-9)12(15)11-6-5-10(7-14)16-11/h1-6H,7,14H2. The number of carbonyl (C=O) groups excluding carboxylic acids is 1. The van der Waals surface area contributed by atoms with E-state index in [0.29, 0.717) is 11.3 Å². The van der Waals surface area contributed by atoms with E-state index in [0.717, 1.165) is 0 Å². The lowest BCUT2D eigenvalue weighted by atomic mass is 10.1. The SMILES string of the molecule is NCc1ccc(C(=O)c2ccc(F)cc2)o1. The lowest BCUT2D eigenvalue weighted by molar-refractivity contribution is 0.101. The van der Waals surface area contributed by atoms with Gasteiger partial charge in [-0.2, -0.15) is 0 Å². The van der Waals surface area contributed by atoms with Crippen LogP contribution in [0, 0.1) is 5.82 Å². The maximum Gasteiger partial charge on any atom is 0.228 e. The number of ketones is 1. The van der Waals surface area contributed by atoms with Gasteiger partial charge in [0.15, 0.2) is 5.76 Å². The summed E-state index contributed by atoms with van der Waals surface area (Å²) in [7, 11) is 0. The Labute approximate surface area is 91.7 Å². The van der Waals surface area contributed by atoms with Gasteiger partial charge in [0.25, 0.3) is 0 Å². The van der Waals surface area contributed by atoms with Crippen LogP contribution >= 0.6 is 0 Å². The second-order valence-corrected chi connectivity index (χ2v) is 3.31. The van der Waals surface area contributed by atoms with Crippen LogP contribution in [0.1, 0.15) is 21.9 Å². The summed E-state index contributed by atoms with van der Waals surface area (Å²) in [6.45, 7) is 0.247. The zero-order valence-corrected chi connectivity index (χ0v) is 8.44. The van der Waals surface area contributed by atoms with Crippen molar-refractivity contribution >= 4 is 5.78 Å².